The first-order chi connectivity index (χ1) is 9.04. The Morgan fingerprint density at radius 3 is 2.37 bits per heavy atom. The van der Waals surface area contributed by atoms with Gasteiger partial charge in [0.25, 0.3) is 10.2 Å². The number of piperidine rings is 2. The highest BCUT2D eigenvalue weighted by Crippen LogP contribution is 2.23. The van der Waals surface area contributed by atoms with Crippen LogP contribution in [0.25, 0.3) is 0 Å². The van der Waals surface area contributed by atoms with E-state index in [1.54, 1.807) is 8.61 Å². The lowest BCUT2D eigenvalue weighted by molar-refractivity contribution is 0.235. The third-order valence-electron chi connectivity index (χ3n) is 4.22. The van der Waals surface area contributed by atoms with Crippen molar-refractivity contribution >= 4 is 10.2 Å². The van der Waals surface area contributed by atoms with E-state index >= 15 is 0 Å². The topological polar surface area (TPSA) is 52.7 Å². The number of nitrogens with zero attached hydrogens (tertiary/aromatic N) is 2. The minimum atomic E-state index is -3.22. The fourth-order valence-corrected chi connectivity index (χ4v) is 4.90. The van der Waals surface area contributed by atoms with Crippen molar-refractivity contribution in [2.75, 3.05) is 32.7 Å². The molecule has 0 spiro atoms. The highest BCUT2D eigenvalue weighted by atomic mass is 32.2. The molecule has 6 heteroatoms. The molecule has 1 atom stereocenters. The summed E-state index contributed by atoms with van der Waals surface area (Å²) in [6.07, 6.45) is 4.00. The average Bonchev–Trinajstić information content (AvgIpc) is 2.40. The first-order valence-corrected chi connectivity index (χ1v) is 8.92. The van der Waals surface area contributed by atoms with Gasteiger partial charge in [-0.05, 0) is 38.1 Å². The summed E-state index contributed by atoms with van der Waals surface area (Å²) in [6.45, 7) is 7.89. The molecule has 0 bridgehead atoms. The standard InChI is InChI=1S/C13H27N3O2S/c1-3-14-13-6-9-15(10-7-13)19(17,18)16-8-4-5-12(2)11-16/h12-14H,3-11H2,1-2H3. The van der Waals surface area contributed by atoms with Crippen LogP contribution in [0.2, 0.25) is 0 Å². The lowest BCUT2D eigenvalue weighted by Crippen LogP contribution is -2.52. The van der Waals surface area contributed by atoms with Crippen LogP contribution in [-0.4, -0.2) is 55.8 Å². The fourth-order valence-electron chi connectivity index (χ4n) is 3.10. The fraction of sp³-hybridized carbons (Fsp3) is 1.00. The van der Waals surface area contributed by atoms with Crippen LogP contribution >= 0.6 is 0 Å². The molecule has 2 aliphatic rings. The smallest absolute Gasteiger partial charge is 0.281 e. The molecule has 0 saturated carbocycles. The van der Waals surface area contributed by atoms with E-state index < -0.39 is 10.2 Å². The van der Waals surface area contributed by atoms with E-state index in [2.05, 4.69) is 19.2 Å². The molecular weight excluding hydrogens is 262 g/mol. The second-order valence-electron chi connectivity index (χ2n) is 5.84. The number of hydrogen-bond donors (Lipinski definition) is 1. The van der Waals surface area contributed by atoms with Gasteiger partial charge in [0, 0.05) is 32.2 Å². The molecule has 2 aliphatic heterocycles. The maximum atomic E-state index is 12.6. The van der Waals surface area contributed by atoms with Crippen LogP contribution in [0.3, 0.4) is 0 Å². The average molecular weight is 289 g/mol. The molecule has 5 nitrogen and oxygen atoms in total. The molecule has 0 aliphatic carbocycles. The van der Waals surface area contributed by atoms with E-state index in [0.29, 0.717) is 38.1 Å². The number of rotatable bonds is 4. The maximum Gasteiger partial charge on any atom is 0.281 e. The van der Waals surface area contributed by atoms with Crippen LogP contribution in [0.15, 0.2) is 0 Å². The maximum absolute atomic E-state index is 12.6. The molecule has 1 unspecified atom stereocenters. The van der Waals surface area contributed by atoms with Crippen LogP contribution in [0, 0.1) is 5.92 Å². The van der Waals surface area contributed by atoms with E-state index in [9.17, 15) is 8.42 Å². The van der Waals surface area contributed by atoms with E-state index in [4.69, 9.17) is 0 Å². The normalized spacial score (nSPS) is 28.6. The number of nitrogens with one attached hydrogen (secondary N) is 1. The van der Waals surface area contributed by atoms with Crippen LogP contribution in [0.5, 0.6) is 0 Å². The van der Waals surface area contributed by atoms with Crippen molar-refractivity contribution in [2.45, 2.75) is 45.6 Å². The van der Waals surface area contributed by atoms with Crippen molar-refractivity contribution in [1.29, 1.82) is 0 Å². The second kappa shape index (κ2) is 6.52. The molecule has 2 rings (SSSR count). The molecule has 0 radical (unpaired) electrons. The summed E-state index contributed by atoms with van der Waals surface area (Å²) in [4.78, 5) is 0. The van der Waals surface area contributed by atoms with Gasteiger partial charge in [0.15, 0.2) is 0 Å². The van der Waals surface area contributed by atoms with Crippen molar-refractivity contribution in [3.63, 3.8) is 0 Å². The minimum Gasteiger partial charge on any atom is -0.314 e. The molecule has 112 valence electrons. The van der Waals surface area contributed by atoms with Gasteiger partial charge in [-0.2, -0.15) is 17.0 Å². The third kappa shape index (κ3) is 3.68. The van der Waals surface area contributed by atoms with Gasteiger partial charge in [0.05, 0.1) is 0 Å². The molecular formula is C13H27N3O2S. The zero-order valence-electron chi connectivity index (χ0n) is 12.1. The van der Waals surface area contributed by atoms with Crippen LogP contribution in [0.1, 0.15) is 39.5 Å². The summed E-state index contributed by atoms with van der Waals surface area (Å²) in [6, 6.07) is 0.483. The molecule has 0 aromatic rings. The van der Waals surface area contributed by atoms with Crippen molar-refractivity contribution in [3.05, 3.63) is 0 Å². The first kappa shape index (κ1) is 15.2. The van der Waals surface area contributed by atoms with Crippen molar-refractivity contribution in [1.82, 2.24) is 13.9 Å². The van der Waals surface area contributed by atoms with Gasteiger partial charge >= 0.3 is 0 Å². The molecule has 2 saturated heterocycles. The van der Waals surface area contributed by atoms with Gasteiger partial charge in [0.2, 0.25) is 0 Å². The van der Waals surface area contributed by atoms with E-state index in [-0.39, 0.29) is 0 Å². The molecule has 19 heavy (non-hydrogen) atoms. The molecule has 2 fully saturated rings. The quantitative estimate of drug-likeness (QED) is 0.841. The summed E-state index contributed by atoms with van der Waals surface area (Å²) in [5.74, 6) is 0.489. The van der Waals surface area contributed by atoms with E-state index in [1.165, 1.54) is 0 Å². The lowest BCUT2D eigenvalue weighted by Gasteiger charge is -2.37. The summed E-state index contributed by atoms with van der Waals surface area (Å²) in [5.41, 5.74) is 0. The van der Waals surface area contributed by atoms with E-state index in [1.807, 2.05) is 0 Å². The molecule has 1 N–H and O–H groups in total. The van der Waals surface area contributed by atoms with Crippen LogP contribution < -0.4 is 5.32 Å². The molecule has 2 heterocycles. The predicted molar refractivity (Wildman–Crippen MR) is 77.2 cm³/mol. The van der Waals surface area contributed by atoms with Gasteiger partial charge in [-0.3, -0.25) is 0 Å². The second-order valence-corrected chi connectivity index (χ2v) is 7.77. The van der Waals surface area contributed by atoms with Crippen molar-refractivity contribution in [3.8, 4) is 0 Å². The first-order valence-electron chi connectivity index (χ1n) is 7.52. The van der Waals surface area contributed by atoms with Gasteiger partial charge in [0.1, 0.15) is 0 Å². The third-order valence-corrected chi connectivity index (χ3v) is 6.22. The summed E-state index contributed by atoms with van der Waals surface area (Å²) in [7, 11) is -3.22. The van der Waals surface area contributed by atoms with E-state index in [0.717, 1.165) is 32.2 Å². The molecule has 0 aromatic heterocycles. The van der Waals surface area contributed by atoms with Gasteiger partial charge in [-0.1, -0.05) is 13.8 Å². The Morgan fingerprint density at radius 1 is 1.11 bits per heavy atom. The Hall–Kier alpha value is -0.170. The SMILES string of the molecule is CCNC1CCN(S(=O)(=O)N2CCCC(C)C2)CC1. The Bertz CT molecular complexity index is 377. The zero-order valence-corrected chi connectivity index (χ0v) is 13.0. The molecule has 0 aromatic carbocycles. The number of hydrogen-bond acceptors (Lipinski definition) is 3. The Balaban J connectivity index is 1.93. The Labute approximate surface area is 117 Å². The zero-order chi connectivity index (χ0) is 13.9. The van der Waals surface area contributed by atoms with Crippen LogP contribution in [-0.2, 0) is 10.2 Å². The summed E-state index contributed by atoms with van der Waals surface area (Å²) < 4.78 is 28.5. The van der Waals surface area contributed by atoms with Crippen molar-refractivity contribution < 1.29 is 8.42 Å². The Morgan fingerprint density at radius 2 is 1.79 bits per heavy atom. The van der Waals surface area contributed by atoms with Gasteiger partial charge in [-0.15, -0.1) is 0 Å². The minimum absolute atomic E-state index is 0.483. The van der Waals surface area contributed by atoms with Crippen LogP contribution in [0.4, 0.5) is 0 Å². The lowest BCUT2D eigenvalue weighted by atomic mass is 10.0. The Kier molecular flexibility index (Phi) is 5.22. The monoisotopic (exact) mass is 289 g/mol. The highest BCUT2D eigenvalue weighted by molar-refractivity contribution is 7.86. The largest absolute Gasteiger partial charge is 0.314 e. The van der Waals surface area contributed by atoms with Crippen molar-refractivity contribution in [2.24, 2.45) is 5.92 Å². The predicted octanol–water partition coefficient (Wildman–Crippen LogP) is 1.04. The van der Waals surface area contributed by atoms with Gasteiger partial charge < -0.3 is 5.32 Å². The van der Waals surface area contributed by atoms with Gasteiger partial charge in [-0.25, -0.2) is 0 Å². The highest BCUT2D eigenvalue weighted by Gasteiger charge is 2.34. The summed E-state index contributed by atoms with van der Waals surface area (Å²) in [5, 5.41) is 3.41. The molecule has 0 amide bonds. The summed E-state index contributed by atoms with van der Waals surface area (Å²) >= 11 is 0.